The van der Waals surface area contributed by atoms with Crippen LogP contribution in [0, 0.1) is 0 Å². The number of nitrogens with two attached hydrogens (primary N) is 1. The highest BCUT2D eigenvalue weighted by Crippen LogP contribution is 2.26. The number of carbonyl (C=O) groups is 1. The number of thioether (sulfide) groups is 1. The number of hydrogen-bond acceptors (Lipinski definition) is 3. The van der Waals surface area contributed by atoms with Crippen LogP contribution >= 0.6 is 23.4 Å². The van der Waals surface area contributed by atoms with Crippen molar-refractivity contribution in [3.05, 3.63) is 29.3 Å². The lowest BCUT2D eigenvalue weighted by atomic mass is 10.3. The highest BCUT2D eigenvalue weighted by Gasteiger charge is 2.07. The molecule has 5 heteroatoms. The summed E-state index contributed by atoms with van der Waals surface area (Å²) in [6.07, 6.45) is 0. The molecule has 1 aromatic carbocycles. The standard InChI is InChI=1S/C11H15ClN2OS/c1-8(6-13)14-11(15)7-16-10-5-3-2-4-9(10)12/h2-5,8H,6-7,13H2,1H3,(H,14,15)/t8-/m0/s1. The van der Waals surface area contributed by atoms with Gasteiger partial charge in [-0.1, -0.05) is 23.7 Å². The molecule has 0 fully saturated rings. The smallest absolute Gasteiger partial charge is 0.230 e. The fourth-order valence-corrected chi connectivity index (χ4v) is 2.13. The first-order valence-electron chi connectivity index (χ1n) is 5.00. The van der Waals surface area contributed by atoms with Crippen molar-refractivity contribution >= 4 is 29.3 Å². The third-order valence-corrected chi connectivity index (χ3v) is 3.47. The maximum Gasteiger partial charge on any atom is 0.230 e. The van der Waals surface area contributed by atoms with Crippen LogP contribution in [0.2, 0.25) is 5.02 Å². The van der Waals surface area contributed by atoms with E-state index in [2.05, 4.69) is 5.32 Å². The van der Waals surface area contributed by atoms with E-state index < -0.39 is 0 Å². The van der Waals surface area contributed by atoms with Crippen LogP contribution < -0.4 is 11.1 Å². The van der Waals surface area contributed by atoms with Crippen molar-refractivity contribution in [1.29, 1.82) is 0 Å². The Labute approximate surface area is 105 Å². The molecule has 0 aliphatic carbocycles. The van der Waals surface area contributed by atoms with Crippen molar-refractivity contribution in [2.45, 2.75) is 17.9 Å². The molecule has 1 amide bonds. The van der Waals surface area contributed by atoms with Gasteiger partial charge in [0.25, 0.3) is 0 Å². The van der Waals surface area contributed by atoms with E-state index in [-0.39, 0.29) is 11.9 Å². The van der Waals surface area contributed by atoms with E-state index in [0.717, 1.165) is 4.90 Å². The summed E-state index contributed by atoms with van der Waals surface area (Å²) < 4.78 is 0. The second kappa shape index (κ2) is 6.78. The van der Waals surface area contributed by atoms with Gasteiger partial charge in [0.15, 0.2) is 0 Å². The molecule has 0 bridgehead atoms. The predicted molar refractivity (Wildman–Crippen MR) is 68.8 cm³/mol. The Balaban J connectivity index is 2.40. The van der Waals surface area contributed by atoms with Crippen molar-refractivity contribution in [3.8, 4) is 0 Å². The summed E-state index contributed by atoms with van der Waals surface area (Å²) in [5, 5.41) is 3.46. The lowest BCUT2D eigenvalue weighted by Crippen LogP contribution is -2.38. The van der Waals surface area contributed by atoms with Crippen molar-refractivity contribution < 1.29 is 4.79 Å². The zero-order valence-electron chi connectivity index (χ0n) is 9.07. The van der Waals surface area contributed by atoms with Gasteiger partial charge in [0, 0.05) is 17.5 Å². The van der Waals surface area contributed by atoms with E-state index in [1.54, 1.807) is 0 Å². The van der Waals surface area contributed by atoms with Gasteiger partial charge in [0.1, 0.15) is 0 Å². The van der Waals surface area contributed by atoms with Crippen molar-refractivity contribution in [3.63, 3.8) is 0 Å². The van der Waals surface area contributed by atoms with E-state index in [1.165, 1.54) is 11.8 Å². The minimum absolute atomic E-state index is 0.0133. The summed E-state index contributed by atoms with van der Waals surface area (Å²) >= 11 is 7.39. The SMILES string of the molecule is C[C@@H](CN)NC(=O)CSc1ccccc1Cl. The number of hydrogen-bond donors (Lipinski definition) is 2. The second-order valence-electron chi connectivity index (χ2n) is 3.42. The maximum atomic E-state index is 11.5. The van der Waals surface area contributed by atoms with Crippen molar-refractivity contribution in [1.82, 2.24) is 5.32 Å². The van der Waals surface area contributed by atoms with Gasteiger partial charge in [-0.05, 0) is 19.1 Å². The Morgan fingerprint density at radius 3 is 2.88 bits per heavy atom. The fourth-order valence-electron chi connectivity index (χ4n) is 1.08. The summed E-state index contributed by atoms with van der Waals surface area (Å²) in [6, 6.07) is 7.48. The van der Waals surface area contributed by atoms with Crippen LogP contribution in [-0.4, -0.2) is 24.2 Å². The summed E-state index contributed by atoms with van der Waals surface area (Å²) in [5.41, 5.74) is 5.41. The van der Waals surface area contributed by atoms with Crippen LogP contribution in [0.25, 0.3) is 0 Å². The molecular weight excluding hydrogens is 244 g/mol. The number of carbonyl (C=O) groups excluding carboxylic acids is 1. The Bertz CT molecular complexity index is 360. The Morgan fingerprint density at radius 2 is 2.25 bits per heavy atom. The minimum atomic E-state index is -0.0251. The molecule has 0 unspecified atom stereocenters. The van der Waals surface area contributed by atoms with E-state index in [9.17, 15) is 4.79 Å². The number of halogens is 1. The molecular formula is C11H15ClN2OS. The lowest BCUT2D eigenvalue weighted by molar-refractivity contribution is -0.119. The van der Waals surface area contributed by atoms with E-state index in [0.29, 0.717) is 17.3 Å². The monoisotopic (exact) mass is 258 g/mol. The minimum Gasteiger partial charge on any atom is -0.352 e. The van der Waals surface area contributed by atoms with Crippen molar-refractivity contribution in [2.24, 2.45) is 5.73 Å². The van der Waals surface area contributed by atoms with Gasteiger partial charge in [0.2, 0.25) is 5.91 Å². The normalized spacial score (nSPS) is 12.2. The van der Waals surface area contributed by atoms with Gasteiger partial charge >= 0.3 is 0 Å². The fraction of sp³-hybridized carbons (Fsp3) is 0.364. The van der Waals surface area contributed by atoms with Crippen LogP contribution in [0.4, 0.5) is 0 Å². The molecule has 0 spiro atoms. The van der Waals surface area contributed by atoms with Gasteiger partial charge in [0.05, 0.1) is 10.8 Å². The molecule has 1 aromatic rings. The summed E-state index contributed by atoms with van der Waals surface area (Å²) in [5.74, 6) is 0.330. The molecule has 0 saturated carbocycles. The molecule has 0 aliphatic heterocycles. The topological polar surface area (TPSA) is 55.1 Å². The average Bonchev–Trinajstić information content (AvgIpc) is 2.28. The Morgan fingerprint density at radius 1 is 1.56 bits per heavy atom. The number of amides is 1. The Kier molecular flexibility index (Phi) is 5.66. The largest absolute Gasteiger partial charge is 0.352 e. The second-order valence-corrected chi connectivity index (χ2v) is 4.85. The van der Waals surface area contributed by atoms with Crippen LogP contribution in [0.1, 0.15) is 6.92 Å². The molecule has 88 valence electrons. The number of nitrogens with one attached hydrogen (secondary N) is 1. The van der Waals surface area contributed by atoms with Crippen LogP contribution in [0.3, 0.4) is 0 Å². The first-order valence-corrected chi connectivity index (χ1v) is 6.36. The zero-order chi connectivity index (χ0) is 12.0. The molecule has 3 nitrogen and oxygen atoms in total. The third-order valence-electron chi connectivity index (χ3n) is 1.96. The van der Waals surface area contributed by atoms with Crippen LogP contribution in [0.15, 0.2) is 29.2 Å². The van der Waals surface area contributed by atoms with Crippen LogP contribution in [-0.2, 0) is 4.79 Å². The van der Waals surface area contributed by atoms with E-state index in [1.807, 2.05) is 31.2 Å². The van der Waals surface area contributed by atoms with Gasteiger partial charge in [-0.15, -0.1) is 11.8 Å². The molecule has 16 heavy (non-hydrogen) atoms. The molecule has 0 saturated heterocycles. The summed E-state index contributed by atoms with van der Waals surface area (Å²) in [6.45, 7) is 2.32. The number of rotatable bonds is 5. The first-order chi connectivity index (χ1) is 7.63. The van der Waals surface area contributed by atoms with E-state index >= 15 is 0 Å². The highest BCUT2D eigenvalue weighted by molar-refractivity contribution is 8.00. The molecule has 0 aromatic heterocycles. The van der Waals surface area contributed by atoms with Gasteiger partial charge < -0.3 is 11.1 Å². The first kappa shape index (κ1) is 13.4. The summed E-state index contributed by atoms with van der Waals surface area (Å²) in [7, 11) is 0. The highest BCUT2D eigenvalue weighted by atomic mass is 35.5. The Hall–Kier alpha value is -0.710. The molecule has 1 atom stereocenters. The summed E-state index contributed by atoms with van der Waals surface area (Å²) in [4.78, 5) is 12.4. The van der Waals surface area contributed by atoms with Crippen molar-refractivity contribution in [2.75, 3.05) is 12.3 Å². The maximum absolute atomic E-state index is 11.5. The molecule has 0 radical (unpaired) electrons. The molecule has 3 N–H and O–H groups in total. The molecule has 0 heterocycles. The predicted octanol–water partition coefficient (Wildman–Crippen LogP) is 1.90. The van der Waals surface area contributed by atoms with Gasteiger partial charge in [-0.2, -0.15) is 0 Å². The third kappa shape index (κ3) is 4.43. The zero-order valence-corrected chi connectivity index (χ0v) is 10.6. The lowest BCUT2D eigenvalue weighted by Gasteiger charge is -2.11. The van der Waals surface area contributed by atoms with Crippen LogP contribution in [0.5, 0.6) is 0 Å². The quantitative estimate of drug-likeness (QED) is 0.793. The van der Waals surface area contributed by atoms with E-state index in [4.69, 9.17) is 17.3 Å². The molecule has 1 rings (SSSR count). The van der Waals surface area contributed by atoms with Gasteiger partial charge in [-0.3, -0.25) is 4.79 Å². The number of benzene rings is 1. The average molecular weight is 259 g/mol. The van der Waals surface area contributed by atoms with Gasteiger partial charge in [-0.25, -0.2) is 0 Å². The molecule has 0 aliphatic rings.